The molecular weight excluding hydrogens is 250 g/mol. The third kappa shape index (κ3) is 2.59. The number of carbonyl (C=O) groups is 2. The third-order valence-corrected chi connectivity index (χ3v) is 2.93. The Morgan fingerprint density at radius 3 is 3.16 bits per heavy atom. The van der Waals surface area contributed by atoms with Crippen LogP contribution in [0.15, 0.2) is 19.0 Å². The zero-order valence-corrected chi connectivity index (χ0v) is 10.6. The van der Waals surface area contributed by atoms with E-state index in [2.05, 4.69) is 16.5 Å². The number of fused-ring (bicyclic) bond motifs is 1. The van der Waals surface area contributed by atoms with E-state index in [-0.39, 0.29) is 13.2 Å². The Morgan fingerprint density at radius 1 is 1.68 bits per heavy atom. The van der Waals surface area contributed by atoms with Crippen molar-refractivity contribution in [1.29, 1.82) is 0 Å². The minimum Gasteiger partial charge on any atom is -0.467 e. The molecule has 102 valence electrons. The van der Waals surface area contributed by atoms with E-state index < -0.39 is 18.1 Å². The molecule has 7 heteroatoms. The fourth-order valence-corrected chi connectivity index (χ4v) is 1.99. The molecule has 1 amide bonds. The van der Waals surface area contributed by atoms with Gasteiger partial charge in [-0.1, -0.05) is 12.7 Å². The van der Waals surface area contributed by atoms with Crippen molar-refractivity contribution in [2.24, 2.45) is 0 Å². The number of nitrogens with zero attached hydrogens (tertiary/aromatic N) is 2. The van der Waals surface area contributed by atoms with Gasteiger partial charge in [0.15, 0.2) is 0 Å². The third-order valence-electron chi connectivity index (χ3n) is 2.93. The molecule has 0 bridgehead atoms. The monoisotopic (exact) mass is 265 g/mol. The van der Waals surface area contributed by atoms with Crippen LogP contribution < -0.4 is 0 Å². The largest absolute Gasteiger partial charge is 0.467 e. The second kappa shape index (κ2) is 5.55. The average Bonchev–Trinajstić information content (AvgIpc) is 2.89. The molecule has 0 aliphatic carbocycles. The minimum atomic E-state index is -0.710. The standard InChI is InChI=1S/C12H15N3O4/c1-3-4-19-12(17)15-6-9-8(13-7-14-9)5-10(15)11(16)18-2/h3,7,10H,1,4-6H2,2H3,(H,13,14). The van der Waals surface area contributed by atoms with E-state index in [0.717, 1.165) is 11.4 Å². The number of amides is 1. The Kier molecular flexibility index (Phi) is 3.84. The van der Waals surface area contributed by atoms with Crippen molar-refractivity contribution >= 4 is 12.1 Å². The first-order valence-corrected chi connectivity index (χ1v) is 5.80. The lowest BCUT2D eigenvalue weighted by atomic mass is 10.0. The summed E-state index contributed by atoms with van der Waals surface area (Å²) in [6.07, 6.45) is 2.75. The lowest BCUT2D eigenvalue weighted by Gasteiger charge is -2.32. The van der Waals surface area contributed by atoms with Crippen LogP contribution >= 0.6 is 0 Å². The molecular formula is C12H15N3O4. The first kappa shape index (κ1) is 13.1. The van der Waals surface area contributed by atoms with Gasteiger partial charge in [0, 0.05) is 6.42 Å². The number of aromatic amines is 1. The highest BCUT2D eigenvalue weighted by Gasteiger charge is 2.37. The molecule has 1 atom stereocenters. The first-order chi connectivity index (χ1) is 9.17. The number of imidazole rings is 1. The molecule has 1 aliphatic heterocycles. The summed E-state index contributed by atoms with van der Waals surface area (Å²) in [5.74, 6) is -0.482. The summed E-state index contributed by atoms with van der Waals surface area (Å²) in [7, 11) is 1.29. The minimum absolute atomic E-state index is 0.0963. The number of methoxy groups -OCH3 is 1. The maximum atomic E-state index is 11.9. The maximum absolute atomic E-state index is 11.9. The van der Waals surface area contributed by atoms with E-state index in [4.69, 9.17) is 9.47 Å². The van der Waals surface area contributed by atoms with Gasteiger partial charge < -0.3 is 14.5 Å². The number of carbonyl (C=O) groups excluding carboxylic acids is 2. The molecule has 0 spiro atoms. The lowest BCUT2D eigenvalue weighted by molar-refractivity contribution is -0.147. The Hall–Kier alpha value is -2.31. The molecule has 1 aromatic heterocycles. The van der Waals surface area contributed by atoms with Gasteiger partial charge in [-0.3, -0.25) is 4.90 Å². The van der Waals surface area contributed by atoms with Crippen molar-refractivity contribution in [3.05, 3.63) is 30.4 Å². The molecule has 2 heterocycles. The molecule has 7 nitrogen and oxygen atoms in total. The SMILES string of the molecule is C=CCOC(=O)N1Cc2[nH]cnc2CC1C(=O)OC. The van der Waals surface area contributed by atoms with E-state index in [1.807, 2.05) is 0 Å². The molecule has 1 aromatic rings. The fourth-order valence-electron chi connectivity index (χ4n) is 1.99. The first-order valence-electron chi connectivity index (χ1n) is 5.80. The zero-order valence-electron chi connectivity index (χ0n) is 10.6. The number of H-pyrrole nitrogens is 1. The summed E-state index contributed by atoms with van der Waals surface area (Å²) >= 11 is 0. The van der Waals surface area contributed by atoms with Gasteiger partial charge in [0.2, 0.25) is 0 Å². The number of ether oxygens (including phenoxy) is 2. The number of hydrogen-bond donors (Lipinski definition) is 1. The second-order valence-electron chi connectivity index (χ2n) is 4.06. The Morgan fingerprint density at radius 2 is 2.47 bits per heavy atom. The van der Waals surface area contributed by atoms with Crippen molar-refractivity contribution in [2.45, 2.75) is 19.0 Å². The Bertz CT molecular complexity index is 497. The van der Waals surface area contributed by atoms with Gasteiger partial charge >= 0.3 is 12.1 Å². The molecule has 0 saturated heterocycles. The normalized spacial score (nSPS) is 17.5. The molecule has 0 aromatic carbocycles. The van der Waals surface area contributed by atoms with E-state index in [0.29, 0.717) is 6.42 Å². The van der Waals surface area contributed by atoms with Crippen molar-refractivity contribution in [2.75, 3.05) is 13.7 Å². The number of hydrogen-bond acceptors (Lipinski definition) is 5. The summed E-state index contributed by atoms with van der Waals surface area (Å²) in [5.41, 5.74) is 1.57. The van der Waals surface area contributed by atoms with Gasteiger partial charge in [0.25, 0.3) is 0 Å². The van der Waals surface area contributed by atoms with Gasteiger partial charge in [0.05, 0.1) is 31.4 Å². The van der Waals surface area contributed by atoms with E-state index in [9.17, 15) is 9.59 Å². The Labute approximate surface area is 110 Å². The van der Waals surface area contributed by atoms with Crippen LogP contribution in [-0.4, -0.2) is 46.7 Å². The molecule has 1 unspecified atom stereocenters. The molecule has 0 radical (unpaired) electrons. The number of rotatable bonds is 3. The van der Waals surface area contributed by atoms with Crippen molar-refractivity contribution in [3.63, 3.8) is 0 Å². The molecule has 19 heavy (non-hydrogen) atoms. The van der Waals surface area contributed by atoms with Crippen LogP contribution in [0, 0.1) is 0 Å². The smallest absolute Gasteiger partial charge is 0.411 e. The molecule has 1 N–H and O–H groups in total. The van der Waals surface area contributed by atoms with E-state index in [1.54, 1.807) is 0 Å². The summed E-state index contributed by atoms with van der Waals surface area (Å²) < 4.78 is 9.69. The van der Waals surface area contributed by atoms with Crippen molar-refractivity contribution < 1.29 is 19.1 Å². The van der Waals surface area contributed by atoms with Crippen LogP contribution in [-0.2, 0) is 27.2 Å². The highest BCUT2D eigenvalue weighted by atomic mass is 16.6. The number of esters is 1. The highest BCUT2D eigenvalue weighted by Crippen LogP contribution is 2.22. The number of nitrogens with one attached hydrogen (secondary N) is 1. The fraction of sp³-hybridized carbons (Fsp3) is 0.417. The van der Waals surface area contributed by atoms with E-state index >= 15 is 0 Å². The quantitative estimate of drug-likeness (QED) is 0.640. The zero-order chi connectivity index (χ0) is 13.8. The summed E-state index contributed by atoms with van der Waals surface area (Å²) in [5, 5.41) is 0. The van der Waals surface area contributed by atoms with Gasteiger partial charge in [-0.05, 0) is 0 Å². The maximum Gasteiger partial charge on any atom is 0.411 e. The second-order valence-corrected chi connectivity index (χ2v) is 4.06. The predicted octanol–water partition coefficient (Wildman–Crippen LogP) is 0.632. The summed E-state index contributed by atoms with van der Waals surface area (Å²) in [4.78, 5) is 32.1. The molecule has 1 aliphatic rings. The van der Waals surface area contributed by atoms with Crippen LogP contribution in [0.2, 0.25) is 0 Å². The molecule has 0 saturated carbocycles. The van der Waals surface area contributed by atoms with Crippen molar-refractivity contribution in [1.82, 2.24) is 14.9 Å². The van der Waals surface area contributed by atoms with Crippen molar-refractivity contribution in [3.8, 4) is 0 Å². The molecule has 0 fully saturated rings. The van der Waals surface area contributed by atoms with Crippen LogP contribution in [0.3, 0.4) is 0 Å². The molecule has 2 rings (SSSR count). The van der Waals surface area contributed by atoms with Crippen LogP contribution in [0.4, 0.5) is 4.79 Å². The predicted molar refractivity (Wildman–Crippen MR) is 65.2 cm³/mol. The topological polar surface area (TPSA) is 84.5 Å². The summed E-state index contributed by atoms with van der Waals surface area (Å²) in [6, 6.07) is -0.710. The lowest BCUT2D eigenvalue weighted by Crippen LogP contribution is -2.49. The number of aromatic nitrogens is 2. The van der Waals surface area contributed by atoms with Gasteiger partial charge in [-0.15, -0.1) is 0 Å². The average molecular weight is 265 g/mol. The Balaban J connectivity index is 2.20. The van der Waals surface area contributed by atoms with Crippen LogP contribution in [0.25, 0.3) is 0 Å². The van der Waals surface area contributed by atoms with Crippen LogP contribution in [0.1, 0.15) is 11.4 Å². The van der Waals surface area contributed by atoms with Gasteiger partial charge in [0.1, 0.15) is 12.6 Å². The van der Waals surface area contributed by atoms with Crippen LogP contribution in [0.5, 0.6) is 0 Å². The van der Waals surface area contributed by atoms with Gasteiger partial charge in [-0.2, -0.15) is 0 Å². The van der Waals surface area contributed by atoms with E-state index in [1.165, 1.54) is 24.4 Å². The van der Waals surface area contributed by atoms with Gasteiger partial charge in [-0.25, -0.2) is 14.6 Å². The highest BCUT2D eigenvalue weighted by molar-refractivity contribution is 5.82. The summed E-state index contributed by atoms with van der Waals surface area (Å²) in [6.45, 7) is 3.81.